The lowest BCUT2D eigenvalue weighted by molar-refractivity contribution is -0.125. The molecule has 0 radical (unpaired) electrons. The van der Waals surface area contributed by atoms with Crippen LogP contribution in [0.1, 0.15) is 34.2 Å². The average Bonchev–Trinajstić information content (AvgIpc) is 3.39. The third-order valence-corrected chi connectivity index (χ3v) is 5.96. The Balaban J connectivity index is 1.46. The molecule has 2 aromatic rings. The van der Waals surface area contributed by atoms with E-state index in [1.54, 1.807) is 30.3 Å². The zero-order valence-electron chi connectivity index (χ0n) is 18.4. The first-order chi connectivity index (χ1) is 16.3. The number of carbonyl (C=O) groups excluding carboxylic acids is 4. The van der Waals surface area contributed by atoms with Gasteiger partial charge in [0.1, 0.15) is 11.5 Å². The number of nitrogens with zero attached hydrogens (tertiary/aromatic N) is 2. The summed E-state index contributed by atoms with van der Waals surface area (Å²) in [4.78, 5) is 55.4. The second-order valence-electron chi connectivity index (χ2n) is 8.24. The Morgan fingerprint density at radius 3 is 2.79 bits per heavy atom. The molecule has 5 amide bonds. The van der Waals surface area contributed by atoms with Crippen LogP contribution in [0.5, 0.6) is 5.75 Å². The van der Waals surface area contributed by atoms with Crippen LogP contribution in [-0.4, -0.2) is 48.5 Å². The molecular weight excluding hydrogens is 442 g/mol. The molecule has 11 nitrogen and oxygen atoms in total. The lowest BCUT2D eigenvalue weighted by atomic mass is 9.94. The van der Waals surface area contributed by atoms with Crippen LogP contribution < -0.4 is 20.7 Å². The first kappa shape index (κ1) is 21.4. The predicted octanol–water partition coefficient (Wildman–Crippen LogP) is 1.26. The van der Waals surface area contributed by atoms with Crippen molar-refractivity contribution in [3.8, 4) is 5.75 Å². The number of furan rings is 1. The van der Waals surface area contributed by atoms with E-state index in [0.717, 1.165) is 5.56 Å². The molecule has 5 rings (SSSR count). The van der Waals surface area contributed by atoms with Crippen LogP contribution in [0.4, 0.5) is 10.7 Å². The van der Waals surface area contributed by atoms with E-state index in [-0.39, 0.29) is 36.5 Å². The van der Waals surface area contributed by atoms with Gasteiger partial charge in [-0.1, -0.05) is 12.1 Å². The number of carbonyl (C=O) groups is 4. The maximum Gasteiger partial charge on any atom is 0.322 e. The second-order valence-corrected chi connectivity index (χ2v) is 8.24. The van der Waals surface area contributed by atoms with E-state index in [0.29, 0.717) is 29.0 Å². The molecule has 1 atom stereocenters. The Kier molecular flexibility index (Phi) is 4.96. The van der Waals surface area contributed by atoms with Crippen LogP contribution in [0.3, 0.4) is 0 Å². The molecule has 0 saturated carbocycles. The molecule has 11 heteroatoms. The highest BCUT2D eigenvalue weighted by Crippen LogP contribution is 2.37. The molecule has 3 N–H and O–H groups in total. The number of hydrogen-bond donors (Lipinski definition) is 3. The molecule has 1 aromatic heterocycles. The maximum absolute atomic E-state index is 13.1. The normalized spacial score (nSPS) is 20.8. The highest BCUT2D eigenvalue weighted by Gasteiger charge is 2.53. The van der Waals surface area contributed by atoms with Crippen molar-refractivity contribution in [2.24, 2.45) is 4.99 Å². The van der Waals surface area contributed by atoms with Gasteiger partial charge in [-0.15, -0.1) is 0 Å². The maximum atomic E-state index is 13.1. The number of urea groups is 1. The minimum atomic E-state index is -1.62. The van der Waals surface area contributed by atoms with Crippen molar-refractivity contribution in [1.29, 1.82) is 0 Å². The highest BCUT2D eigenvalue weighted by atomic mass is 16.5. The first-order valence-electron chi connectivity index (χ1n) is 10.5. The van der Waals surface area contributed by atoms with E-state index >= 15 is 0 Å². The lowest BCUT2D eigenvalue weighted by Crippen LogP contribution is -2.52. The molecular formula is C23H21N5O6. The van der Waals surface area contributed by atoms with Crippen LogP contribution in [0.25, 0.3) is 0 Å². The summed E-state index contributed by atoms with van der Waals surface area (Å²) in [6, 6.07) is 6.18. The molecule has 3 aliphatic rings. The van der Waals surface area contributed by atoms with Crippen LogP contribution in [-0.2, 0) is 28.1 Å². The number of aliphatic imine (C=N–C) groups is 1. The SMILES string of the molecule is COc1ccc2c(c1)C(=O)N(C[C@@]1(c3cc4c(o3)N=CC(NC(C)=O)=CC4)NC(=O)NC1=O)C2. The fourth-order valence-electron chi connectivity index (χ4n) is 4.31. The quantitative estimate of drug-likeness (QED) is 0.570. The number of methoxy groups -OCH3 is 1. The standard InChI is InChI=1S/C23H21N5O6/c1-12(29)25-15-5-3-13-7-18(34-19(13)24-9-15)23(21(31)26-22(32)27-23)11-28-10-14-4-6-16(33-2)8-17(14)20(28)30/h4-9H,3,10-11H2,1-2H3,(H,25,29)(H2,26,27,31,32)/t23-/m0/s1. The van der Waals surface area contributed by atoms with Crippen molar-refractivity contribution in [1.82, 2.24) is 20.9 Å². The third-order valence-electron chi connectivity index (χ3n) is 5.96. The summed E-state index contributed by atoms with van der Waals surface area (Å²) in [5, 5.41) is 7.57. The van der Waals surface area contributed by atoms with Crippen molar-refractivity contribution < 1.29 is 28.3 Å². The van der Waals surface area contributed by atoms with Crippen LogP contribution in [0.15, 0.2) is 45.4 Å². The Bertz CT molecular complexity index is 1310. The Labute approximate surface area is 193 Å². The molecule has 0 aliphatic carbocycles. The average molecular weight is 463 g/mol. The van der Waals surface area contributed by atoms with E-state index in [9.17, 15) is 19.2 Å². The summed E-state index contributed by atoms with van der Waals surface area (Å²) in [6.45, 7) is 1.53. The third kappa shape index (κ3) is 3.51. The van der Waals surface area contributed by atoms with Crippen LogP contribution >= 0.6 is 0 Å². The zero-order chi connectivity index (χ0) is 24.0. The van der Waals surface area contributed by atoms with E-state index in [2.05, 4.69) is 20.9 Å². The van der Waals surface area contributed by atoms with Gasteiger partial charge in [-0.25, -0.2) is 9.79 Å². The molecule has 4 heterocycles. The topological polar surface area (TPSA) is 142 Å². The van der Waals surface area contributed by atoms with Crippen LogP contribution in [0.2, 0.25) is 0 Å². The summed E-state index contributed by atoms with van der Waals surface area (Å²) in [5.74, 6) is -0.168. The van der Waals surface area contributed by atoms with Gasteiger partial charge in [0.15, 0.2) is 5.54 Å². The molecule has 3 aliphatic heterocycles. The van der Waals surface area contributed by atoms with E-state index in [4.69, 9.17) is 9.15 Å². The van der Waals surface area contributed by atoms with Gasteiger partial charge in [0.25, 0.3) is 11.8 Å². The van der Waals surface area contributed by atoms with E-state index in [1.807, 2.05) is 0 Å². The summed E-state index contributed by atoms with van der Waals surface area (Å²) >= 11 is 0. The van der Waals surface area contributed by atoms with E-state index < -0.39 is 17.5 Å². The number of amides is 5. The van der Waals surface area contributed by atoms with Crippen LogP contribution in [0, 0.1) is 0 Å². The predicted molar refractivity (Wildman–Crippen MR) is 119 cm³/mol. The van der Waals surface area contributed by atoms with Crippen molar-refractivity contribution in [2.45, 2.75) is 25.4 Å². The van der Waals surface area contributed by atoms with Gasteiger partial charge in [-0.2, -0.15) is 0 Å². The van der Waals surface area contributed by atoms with Gasteiger partial charge in [0.2, 0.25) is 11.8 Å². The number of imide groups is 1. The summed E-state index contributed by atoms with van der Waals surface area (Å²) < 4.78 is 11.1. The molecule has 0 unspecified atom stereocenters. The molecule has 0 bridgehead atoms. The van der Waals surface area contributed by atoms with Gasteiger partial charge < -0.3 is 24.7 Å². The molecule has 1 fully saturated rings. The highest BCUT2D eigenvalue weighted by molar-refractivity contribution is 6.08. The van der Waals surface area contributed by atoms with Gasteiger partial charge in [-0.3, -0.25) is 19.7 Å². The Morgan fingerprint density at radius 1 is 1.26 bits per heavy atom. The van der Waals surface area contributed by atoms with E-state index in [1.165, 1.54) is 25.1 Å². The smallest absolute Gasteiger partial charge is 0.322 e. The Morgan fingerprint density at radius 2 is 2.09 bits per heavy atom. The first-order valence-corrected chi connectivity index (χ1v) is 10.5. The number of rotatable bonds is 5. The molecule has 34 heavy (non-hydrogen) atoms. The number of allylic oxidation sites excluding steroid dienone is 2. The number of fused-ring (bicyclic) bond motifs is 2. The number of nitrogens with one attached hydrogen (secondary N) is 3. The van der Waals surface area contributed by atoms with Gasteiger partial charge in [0, 0.05) is 24.6 Å². The lowest BCUT2D eigenvalue weighted by Gasteiger charge is -2.29. The van der Waals surface area contributed by atoms with Gasteiger partial charge in [-0.05, 0) is 30.2 Å². The summed E-state index contributed by atoms with van der Waals surface area (Å²) in [5.41, 5.74) is 0.847. The summed E-state index contributed by atoms with van der Waals surface area (Å²) in [6.07, 6.45) is 3.60. The summed E-state index contributed by atoms with van der Waals surface area (Å²) in [7, 11) is 1.52. The van der Waals surface area contributed by atoms with Crippen molar-refractivity contribution >= 4 is 35.9 Å². The van der Waals surface area contributed by atoms with Crippen molar-refractivity contribution in [3.63, 3.8) is 0 Å². The molecule has 0 spiro atoms. The number of ether oxygens (including phenoxy) is 1. The zero-order valence-corrected chi connectivity index (χ0v) is 18.4. The molecule has 174 valence electrons. The number of benzene rings is 1. The van der Waals surface area contributed by atoms with Gasteiger partial charge in [0.05, 0.1) is 25.6 Å². The minimum absolute atomic E-state index is 0.135. The largest absolute Gasteiger partial charge is 0.497 e. The van der Waals surface area contributed by atoms with Crippen molar-refractivity contribution in [2.75, 3.05) is 13.7 Å². The molecule has 1 saturated heterocycles. The fraction of sp³-hybridized carbons (Fsp3) is 0.261. The Hall–Kier alpha value is -4.41. The fourth-order valence-corrected chi connectivity index (χ4v) is 4.31. The number of hydrogen-bond acceptors (Lipinski definition) is 7. The van der Waals surface area contributed by atoms with Gasteiger partial charge >= 0.3 is 6.03 Å². The second kappa shape index (κ2) is 7.87. The molecule has 1 aromatic carbocycles. The monoisotopic (exact) mass is 463 g/mol. The van der Waals surface area contributed by atoms with Crippen molar-refractivity contribution in [3.05, 3.63) is 58.5 Å². The minimum Gasteiger partial charge on any atom is -0.497 e.